The molecule has 1 atom stereocenters. The molecular weight excluding hydrogens is 380 g/mol. The summed E-state index contributed by atoms with van der Waals surface area (Å²) in [6.45, 7) is 0.110. The Hall–Kier alpha value is -2.97. The fraction of sp³-hybridized carbons (Fsp3) is 0.200. The van der Waals surface area contributed by atoms with Crippen molar-refractivity contribution in [2.24, 2.45) is 0 Å². The van der Waals surface area contributed by atoms with Gasteiger partial charge in [-0.1, -0.05) is 24.3 Å². The molecule has 2 heterocycles. The monoisotopic (exact) mass is 398 g/mol. The highest BCUT2D eigenvalue weighted by molar-refractivity contribution is 7.89. The molecule has 0 saturated heterocycles. The fourth-order valence-electron chi connectivity index (χ4n) is 3.49. The Bertz CT molecular complexity index is 1230. The van der Waals surface area contributed by atoms with Gasteiger partial charge in [0, 0.05) is 25.0 Å². The van der Waals surface area contributed by atoms with E-state index in [0.717, 1.165) is 11.1 Å². The number of nitrogens with zero attached hydrogens (tertiary/aromatic N) is 1. The summed E-state index contributed by atoms with van der Waals surface area (Å²) in [6.07, 6.45) is 0.303. The van der Waals surface area contributed by atoms with Crippen molar-refractivity contribution in [3.63, 3.8) is 0 Å². The number of fused-ring (bicyclic) bond motifs is 2. The first kappa shape index (κ1) is 18.4. The Labute approximate surface area is 161 Å². The molecule has 7 nitrogen and oxygen atoms in total. The summed E-state index contributed by atoms with van der Waals surface area (Å²) in [4.78, 5) is 23.8. The van der Waals surface area contributed by atoms with Crippen LogP contribution in [0.5, 0.6) is 0 Å². The van der Waals surface area contributed by atoms with E-state index < -0.39 is 21.7 Å². The first-order chi connectivity index (χ1) is 13.4. The van der Waals surface area contributed by atoms with E-state index in [1.165, 1.54) is 41.7 Å². The third kappa shape index (κ3) is 3.10. The van der Waals surface area contributed by atoms with Gasteiger partial charge in [0.25, 0.3) is 0 Å². The lowest BCUT2D eigenvalue weighted by atomic mass is 9.95. The maximum atomic E-state index is 13.4. The maximum absolute atomic E-state index is 13.4. The molecule has 1 aliphatic rings. The van der Waals surface area contributed by atoms with Crippen molar-refractivity contribution < 1.29 is 17.6 Å². The molecule has 1 aliphatic heterocycles. The Kier molecular flexibility index (Phi) is 4.52. The van der Waals surface area contributed by atoms with Crippen LogP contribution in [0.3, 0.4) is 0 Å². The average molecular weight is 398 g/mol. The number of sulfonamides is 1. The van der Waals surface area contributed by atoms with Gasteiger partial charge in [-0.25, -0.2) is 13.2 Å². The molecule has 1 amide bonds. The molecule has 1 aromatic heterocycles. The number of hydrogen-bond donors (Lipinski definition) is 1. The molecule has 0 fully saturated rings. The van der Waals surface area contributed by atoms with Crippen LogP contribution >= 0.6 is 0 Å². The Balaban J connectivity index is 1.81. The van der Waals surface area contributed by atoms with E-state index in [2.05, 4.69) is 5.32 Å². The first-order valence-electron chi connectivity index (χ1n) is 8.74. The van der Waals surface area contributed by atoms with Gasteiger partial charge in [-0.05, 0) is 41.8 Å². The van der Waals surface area contributed by atoms with Gasteiger partial charge >= 0.3 is 5.63 Å². The second kappa shape index (κ2) is 6.88. The Morgan fingerprint density at radius 3 is 2.61 bits per heavy atom. The molecular formula is C20H18N2O5S. The molecule has 28 heavy (non-hydrogen) atoms. The molecule has 0 unspecified atom stereocenters. The van der Waals surface area contributed by atoms with Gasteiger partial charge in [0.1, 0.15) is 11.6 Å². The number of carbonyl (C=O) groups excluding carboxylic acids is 1. The molecule has 0 bridgehead atoms. The van der Waals surface area contributed by atoms with E-state index in [4.69, 9.17) is 4.42 Å². The largest absolute Gasteiger partial charge is 0.423 e. The van der Waals surface area contributed by atoms with E-state index in [9.17, 15) is 18.0 Å². The second-order valence-electron chi connectivity index (χ2n) is 6.61. The van der Waals surface area contributed by atoms with Crippen LogP contribution in [0, 0.1) is 0 Å². The molecule has 0 spiro atoms. The number of benzene rings is 2. The number of amides is 1. The van der Waals surface area contributed by atoms with Gasteiger partial charge in [-0.2, -0.15) is 4.31 Å². The van der Waals surface area contributed by atoms with E-state index in [-0.39, 0.29) is 17.3 Å². The van der Waals surface area contributed by atoms with Gasteiger partial charge in [0.05, 0.1) is 4.90 Å². The van der Waals surface area contributed by atoms with Crippen molar-refractivity contribution in [1.82, 2.24) is 9.62 Å². The maximum Gasteiger partial charge on any atom is 0.336 e. The molecule has 0 radical (unpaired) electrons. The molecule has 0 aliphatic carbocycles. The minimum atomic E-state index is -3.96. The molecule has 144 valence electrons. The summed E-state index contributed by atoms with van der Waals surface area (Å²) in [5, 5.41) is 3.06. The molecule has 1 N–H and O–H groups in total. The summed E-state index contributed by atoms with van der Waals surface area (Å²) in [5.41, 5.74) is 1.63. The van der Waals surface area contributed by atoms with Crippen LogP contribution in [0.4, 0.5) is 0 Å². The molecule has 8 heteroatoms. The van der Waals surface area contributed by atoms with Crippen LogP contribution in [0.25, 0.3) is 11.0 Å². The highest BCUT2D eigenvalue weighted by Gasteiger charge is 2.39. The Morgan fingerprint density at radius 2 is 1.86 bits per heavy atom. The van der Waals surface area contributed by atoms with Crippen LogP contribution in [0.15, 0.2) is 68.7 Å². The van der Waals surface area contributed by atoms with Crippen LogP contribution < -0.4 is 10.9 Å². The van der Waals surface area contributed by atoms with Crippen LogP contribution in [0.1, 0.15) is 11.1 Å². The normalized spacial score (nSPS) is 17.2. The summed E-state index contributed by atoms with van der Waals surface area (Å²) in [5.74, 6) is -0.357. The lowest BCUT2D eigenvalue weighted by Crippen LogP contribution is -2.51. The fourth-order valence-corrected chi connectivity index (χ4v) is 5.09. The van der Waals surface area contributed by atoms with Gasteiger partial charge < -0.3 is 9.73 Å². The van der Waals surface area contributed by atoms with Crippen molar-refractivity contribution in [1.29, 1.82) is 0 Å². The third-order valence-corrected chi connectivity index (χ3v) is 6.80. The van der Waals surface area contributed by atoms with Crippen LogP contribution in [-0.4, -0.2) is 31.7 Å². The number of nitrogens with one attached hydrogen (secondary N) is 1. The summed E-state index contributed by atoms with van der Waals surface area (Å²) in [6, 6.07) is 13.7. The highest BCUT2D eigenvalue weighted by atomic mass is 32.2. The van der Waals surface area contributed by atoms with Crippen LogP contribution in [-0.2, 0) is 27.8 Å². The summed E-state index contributed by atoms with van der Waals surface area (Å²) >= 11 is 0. The summed E-state index contributed by atoms with van der Waals surface area (Å²) in [7, 11) is -2.47. The lowest BCUT2D eigenvalue weighted by molar-refractivity contribution is -0.124. The van der Waals surface area contributed by atoms with Crippen molar-refractivity contribution >= 4 is 26.9 Å². The van der Waals surface area contributed by atoms with E-state index in [1.807, 2.05) is 24.3 Å². The minimum Gasteiger partial charge on any atom is -0.423 e. The van der Waals surface area contributed by atoms with Crippen molar-refractivity contribution in [2.75, 3.05) is 7.05 Å². The predicted molar refractivity (Wildman–Crippen MR) is 103 cm³/mol. The minimum absolute atomic E-state index is 0.0436. The molecule has 4 rings (SSSR count). The zero-order valence-corrected chi connectivity index (χ0v) is 15.9. The van der Waals surface area contributed by atoms with Gasteiger partial charge in [0.2, 0.25) is 15.9 Å². The first-order valence-corrected chi connectivity index (χ1v) is 10.2. The van der Waals surface area contributed by atoms with E-state index in [1.54, 1.807) is 0 Å². The second-order valence-corrected chi connectivity index (χ2v) is 8.50. The van der Waals surface area contributed by atoms with Crippen LogP contribution in [0.2, 0.25) is 0 Å². The van der Waals surface area contributed by atoms with E-state index >= 15 is 0 Å². The third-order valence-electron chi connectivity index (χ3n) is 4.95. The highest BCUT2D eigenvalue weighted by Crippen LogP contribution is 2.30. The number of carbonyl (C=O) groups is 1. The topological polar surface area (TPSA) is 96.7 Å². The quantitative estimate of drug-likeness (QED) is 0.677. The van der Waals surface area contributed by atoms with Gasteiger partial charge in [-0.3, -0.25) is 4.79 Å². The van der Waals surface area contributed by atoms with Crippen molar-refractivity contribution in [3.8, 4) is 0 Å². The smallest absolute Gasteiger partial charge is 0.336 e. The Morgan fingerprint density at radius 1 is 1.11 bits per heavy atom. The molecule has 3 aromatic rings. The number of likely N-dealkylation sites (N-methyl/N-ethyl adjacent to an activating group) is 1. The van der Waals surface area contributed by atoms with E-state index in [0.29, 0.717) is 17.4 Å². The lowest BCUT2D eigenvalue weighted by Gasteiger charge is -2.34. The standard InChI is InChI=1S/C20H18N2O5S/c1-21-20(24)17-11-13-4-2-3-5-15(13)12-22(17)28(25,26)16-7-8-18-14(10-16)6-9-19(23)27-18/h2-10,17H,11-12H2,1H3,(H,21,24)/t17-/m0/s1. The van der Waals surface area contributed by atoms with Gasteiger partial charge in [-0.15, -0.1) is 0 Å². The van der Waals surface area contributed by atoms with Crippen molar-refractivity contribution in [2.45, 2.75) is 23.9 Å². The number of hydrogen-bond acceptors (Lipinski definition) is 5. The van der Waals surface area contributed by atoms with Gasteiger partial charge in [0.15, 0.2) is 0 Å². The SMILES string of the molecule is CNC(=O)[C@@H]1Cc2ccccc2CN1S(=O)(=O)c1ccc2oc(=O)ccc2c1. The van der Waals surface area contributed by atoms with Crippen molar-refractivity contribution in [3.05, 3.63) is 76.1 Å². The number of rotatable bonds is 3. The average Bonchev–Trinajstić information content (AvgIpc) is 2.71. The molecule has 2 aromatic carbocycles. The zero-order chi connectivity index (χ0) is 19.9. The summed E-state index contributed by atoms with van der Waals surface area (Å²) < 4.78 is 33.1. The predicted octanol–water partition coefficient (Wildman–Crippen LogP) is 1.65. The molecule has 0 saturated carbocycles. The zero-order valence-electron chi connectivity index (χ0n) is 15.1.